The van der Waals surface area contributed by atoms with Gasteiger partial charge in [-0.2, -0.15) is 0 Å². The summed E-state index contributed by atoms with van der Waals surface area (Å²) in [6.07, 6.45) is 9.77. The zero-order chi connectivity index (χ0) is 15.4. The molecule has 22 heavy (non-hydrogen) atoms. The summed E-state index contributed by atoms with van der Waals surface area (Å²) in [7, 11) is 0. The number of hydrogen-bond acceptors (Lipinski definition) is 3. The Morgan fingerprint density at radius 3 is 2.95 bits per heavy atom. The highest BCUT2D eigenvalue weighted by Gasteiger charge is 2.33. The molecule has 2 aliphatic rings. The molecular formula is C17H22N2O2S. The molecule has 5 heteroatoms. The van der Waals surface area contributed by atoms with Crippen LogP contribution in [0.3, 0.4) is 0 Å². The molecule has 0 radical (unpaired) electrons. The molecule has 3 heterocycles. The second kappa shape index (κ2) is 7.09. The second-order valence-corrected chi connectivity index (χ2v) is 6.96. The molecule has 2 saturated heterocycles. The van der Waals surface area contributed by atoms with Gasteiger partial charge in [0, 0.05) is 17.8 Å². The normalized spacial score (nSPS) is 26.2. The summed E-state index contributed by atoms with van der Waals surface area (Å²) in [4.78, 5) is 27.3. The first kappa shape index (κ1) is 15.3. The molecule has 2 fully saturated rings. The standard InChI is InChI=1S/C17H22N2O2S/c20-16-10-9-15(18-16)17(21)19-11-3-1-2-5-13(19)7-8-14-6-4-12-22-14/h4,6-8,12-13,15H,1-3,5,9-11H2,(H,18,20)/b8-7+/t13?,15-/m1/s1. The van der Waals surface area contributed by atoms with Crippen LogP contribution in [0.15, 0.2) is 23.6 Å². The molecule has 0 aromatic carbocycles. The van der Waals surface area contributed by atoms with Gasteiger partial charge in [-0.15, -0.1) is 11.3 Å². The Morgan fingerprint density at radius 2 is 2.23 bits per heavy atom. The molecule has 1 N–H and O–H groups in total. The lowest BCUT2D eigenvalue weighted by Gasteiger charge is -2.30. The third-order valence-corrected chi connectivity index (χ3v) is 5.24. The summed E-state index contributed by atoms with van der Waals surface area (Å²) in [6.45, 7) is 0.796. The summed E-state index contributed by atoms with van der Waals surface area (Å²) in [6, 6.07) is 3.95. The Labute approximate surface area is 135 Å². The van der Waals surface area contributed by atoms with Crippen LogP contribution >= 0.6 is 11.3 Å². The molecule has 3 rings (SSSR count). The SMILES string of the molecule is O=C1CC[C@H](C(=O)N2CCCCCC2/C=C/c2cccs2)N1. The van der Waals surface area contributed by atoms with Crippen LogP contribution in [0.2, 0.25) is 0 Å². The van der Waals surface area contributed by atoms with Crippen molar-refractivity contribution in [2.75, 3.05) is 6.54 Å². The highest BCUT2D eigenvalue weighted by Crippen LogP contribution is 2.22. The Bertz CT molecular complexity index is 553. The minimum Gasteiger partial charge on any atom is -0.344 e. The summed E-state index contributed by atoms with van der Waals surface area (Å²) in [5, 5.41) is 4.87. The number of thiophene rings is 1. The van der Waals surface area contributed by atoms with Crippen molar-refractivity contribution in [3.8, 4) is 0 Å². The van der Waals surface area contributed by atoms with Crippen LogP contribution in [0.4, 0.5) is 0 Å². The minimum atomic E-state index is -0.316. The van der Waals surface area contributed by atoms with Gasteiger partial charge in [0.1, 0.15) is 6.04 Å². The Morgan fingerprint density at radius 1 is 1.32 bits per heavy atom. The third-order valence-electron chi connectivity index (χ3n) is 4.40. The van der Waals surface area contributed by atoms with Gasteiger partial charge in [-0.25, -0.2) is 0 Å². The van der Waals surface area contributed by atoms with Gasteiger partial charge in [-0.05, 0) is 36.8 Å². The zero-order valence-corrected chi connectivity index (χ0v) is 13.5. The van der Waals surface area contributed by atoms with Crippen molar-refractivity contribution in [2.45, 2.75) is 50.6 Å². The number of hydrogen-bond donors (Lipinski definition) is 1. The van der Waals surface area contributed by atoms with E-state index in [1.54, 1.807) is 11.3 Å². The van der Waals surface area contributed by atoms with E-state index in [0.717, 1.165) is 25.8 Å². The van der Waals surface area contributed by atoms with Crippen LogP contribution in [-0.4, -0.2) is 35.3 Å². The summed E-state index contributed by atoms with van der Waals surface area (Å²) >= 11 is 1.70. The quantitative estimate of drug-likeness (QED) is 0.931. The lowest BCUT2D eigenvalue weighted by atomic mass is 10.1. The number of nitrogens with one attached hydrogen (secondary N) is 1. The Kier molecular flexibility index (Phi) is 4.93. The molecule has 1 unspecified atom stereocenters. The fraction of sp³-hybridized carbons (Fsp3) is 0.529. The number of rotatable bonds is 3. The number of likely N-dealkylation sites (tertiary alicyclic amines) is 1. The molecular weight excluding hydrogens is 296 g/mol. The fourth-order valence-electron chi connectivity index (χ4n) is 3.20. The van der Waals surface area contributed by atoms with E-state index in [2.05, 4.69) is 28.9 Å². The summed E-state index contributed by atoms with van der Waals surface area (Å²) in [5.41, 5.74) is 0. The molecule has 1 aromatic heterocycles. The zero-order valence-electron chi connectivity index (χ0n) is 12.7. The molecule has 0 spiro atoms. The van der Waals surface area contributed by atoms with Gasteiger partial charge in [-0.1, -0.05) is 25.0 Å². The molecule has 0 bridgehead atoms. The number of amides is 2. The van der Waals surface area contributed by atoms with Crippen LogP contribution in [-0.2, 0) is 9.59 Å². The maximum atomic E-state index is 12.8. The van der Waals surface area contributed by atoms with E-state index in [-0.39, 0.29) is 23.9 Å². The average molecular weight is 318 g/mol. The van der Waals surface area contributed by atoms with Crippen molar-refractivity contribution in [1.82, 2.24) is 10.2 Å². The largest absolute Gasteiger partial charge is 0.344 e. The first-order valence-electron chi connectivity index (χ1n) is 8.05. The third kappa shape index (κ3) is 3.58. The molecule has 2 atom stereocenters. The van der Waals surface area contributed by atoms with Gasteiger partial charge in [0.15, 0.2) is 0 Å². The van der Waals surface area contributed by atoms with Crippen molar-refractivity contribution < 1.29 is 9.59 Å². The average Bonchev–Trinajstić information content (AvgIpc) is 3.12. The van der Waals surface area contributed by atoms with Crippen molar-refractivity contribution in [1.29, 1.82) is 0 Å². The van der Waals surface area contributed by atoms with E-state index < -0.39 is 0 Å². The van der Waals surface area contributed by atoms with Crippen LogP contribution in [0.5, 0.6) is 0 Å². The number of nitrogens with zero attached hydrogens (tertiary/aromatic N) is 1. The van der Waals surface area contributed by atoms with Crippen molar-refractivity contribution in [3.05, 3.63) is 28.5 Å². The Hall–Kier alpha value is -1.62. The van der Waals surface area contributed by atoms with Gasteiger partial charge in [0.25, 0.3) is 0 Å². The number of carbonyl (C=O) groups excluding carboxylic acids is 2. The molecule has 0 saturated carbocycles. The highest BCUT2D eigenvalue weighted by molar-refractivity contribution is 7.10. The first-order valence-corrected chi connectivity index (χ1v) is 8.93. The van der Waals surface area contributed by atoms with Crippen molar-refractivity contribution >= 4 is 29.2 Å². The van der Waals surface area contributed by atoms with E-state index in [4.69, 9.17) is 0 Å². The molecule has 2 aliphatic heterocycles. The van der Waals surface area contributed by atoms with Gasteiger partial charge in [-0.3, -0.25) is 9.59 Å². The summed E-state index contributed by atoms with van der Waals surface area (Å²) < 4.78 is 0. The highest BCUT2D eigenvalue weighted by atomic mass is 32.1. The molecule has 4 nitrogen and oxygen atoms in total. The van der Waals surface area contributed by atoms with E-state index in [9.17, 15) is 9.59 Å². The van der Waals surface area contributed by atoms with Gasteiger partial charge in [0.2, 0.25) is 11.8 Å². The van der Waals surface area contributed by atoms with E-state index >= 15 is 0 Å². The monoisotopic (exact) mass is 318 g/mol. The molecule has 1 aromatic rings. The topological polar surface area (TPSA) is 49.4 Å². The van der Waals surface area contributed by atoms with Gasteiger partial charge in [0.05, 0.1) is 6.04 Å². The molecule has 118 valence electrons. The van der Waals surface area contributed by atoms with Gasteiger partial charge >= 0.3 is 0 Å². The van der Waals surface area contributed by atoms with E-state index in [1.165, 1.54) is 11.3 Å². The molecule has 2 amide bonds. The first-order chi connectivity index (χ1) is 10.7. The van der Waals surface area contributed by atoms with Crippen LogP contribution in [0.1, 0.15) is 43.4 Å². The lowest BCUT2D eigenvalue weighted by Crippen LogP contribution is -2.48. The molecule has 0 aliphatic carbocycles. The van der Waals surface area contributed by atoms with Gasteiger partial charge < -0.3 is 10.2 Å². The Balaban J connectivity index is 1.72. The van der Waals surface area contributed by atoms with Crippen molar-refractivity contribution in [3.63, 3.8) is 0 Å². The van der Waals surface area contributed by atoms with E-state index in [1.807, 2.05) is 11.0 Å². The van der Waals surface area contributed by atoms with Crippen molar-refractivity contribution in [2.24, 2.45) is 0 Å². The van der Waals surface area contributed by atoms with Crippen LogP contribution < -0.4 is 5.32 Å². The van der Waals surface area contributed by atoms with Crippen LogP contribution in [0, 0.1) is 0 Å². The summed E-state index contributed by atoms with van der Waals surface area (Å²) in [5.74, 6) is 0.0902. The van der Waals surface area contributed by atoms with Crippen LogP contribution in [0.25, 0.3) is 6.08 Å². The second-order valence-electron chi connectivity index (χ2n) is 5.98. The fourth-order valence-corrected chi connectivity index (χ4v) is 3.83. The lowest BCUT2D eigenvalue weighted by molar-refractivity contribution is -0.135. The predicted octanol–water partition coefficient (Wildman–Crippen LogP) is 2.81. The predicted molar refractivity (Wildman–Crippen MR) is 88.5 cm³/mol. The maximum absolute atomic E-state index is 12.8. The van der Waals surface area contributed by atoms with E-state index in [0.29, 0.717) is 12.8 Å². The maximum Gasteiger partial charge on any atom is 0.245 e. The minimum absolute atomic E-state index is 0.00107. The number of carbonyl (C=O) groups is 2. The smallest absolute Gasteiger partial charge is 0.245 e.